The van der Waals surface area contributed by atoms with Crippen molar-refractivity contribution in [3.8, 4) is 0 Å². The highest BCUT2D eigenvalue weighted by Gasteiger charge is 2.24. The number of fused-ring (bicyclic) bond motifs is 4. The standard InChI is InChI=1S/C8H14O/c1-2-7-4-5-8(3-1)9-6-7/h7-8H,1-6H2/t7-,8?/m1/s1. The minimum atomic E-state index is 0.642. The van der Waals surface area contributed by atoms with Crippen LogP contribution in [0.3, 0.4) is 0 Å². The maximum Gasteiger partial charge on any atom is 0.0575 e. The maximum absolute atomic E-state index is 5.60. The summed E-state index contributed by atoms with van der Waals surface area (Å²) in [5, 5.41) is 0. The van der Waals surface area contributed by atoms with Crippen LogP contribution < -0.4 is 0 Å². The molecule has 0 spiro atoms. The summed E-state index contributed by atoms with van der Waals surface area (Å²) in [5.41, 5.74) is 0. The highest BCUT2D eigenvalue weighted by Crippen LogP contribution is 2.30. The van der Waals surface area contributed by atoms with Crippen LogP contribution in [0.15, 0.2) is 0 Å². The summed E-state index contributed by atoms with van der Waals surface area (Å²) in [6.45, 7) is 1.06. The van der Waals surface area contributed by atoms with Crippen LogP contribution in [0.5, 0.6) is 0 Å². The molecule has 3 fully saturated rings. The van der Waals surface area contributed by atoms with Gasteiger partial charge in [0.1, 0.15) is 0 Å². The summed E-state index contributed by atoms with van der Waals surface area (Å²) >= 11 is 0. The molecule has 52 valence electrons. The third kappa shape index (κ3) is 1.11. The van der Waals surface area contributed by atoms with Crippen molar-refractivity contribution in [2.24, 2.45) is 5.92 Å². The molecule has 1 unspecified atom stereocenters. The molecule has 0 aromatic rings. The minimum Gasteiger partial charge on any atom is -0.378 e. The summed E-state index contributed by atoms with van der Waals surface area (Å²) in [4.78, 5) is 0. The fourth-order valence-corrected chi connectivity index (χ4v) is 1.95. The first-order valence-corrected chi connectivity index (χ1v) is 4.07. The second kappa shape index (κ2) is 2.30. The first kappa shape index (κ1) is 5.72. The molecular weight excluding hydrogens is 112 g/mol. The summed E-state index contributed by atoms with van der Waals surface area (Å²) in [6.07, 6.45) is 7.58. The van der Waals surface area contributed by atoms with Crippen LogP contribution in [0, 0.1) is 5.92 Å². The Kier molecular flexibility index (Phi) is 1.46. The molecule has 1 nitrogen and oxygen atoms in total. The van der Waals surface area contributed by atoms with E-state index in [1.54, 1.807) is 0 Å². The third-order valence-electron chi connectivity index (χ3n) is 2.60. The Morgan fingerprint density at radius 1 is 1.00 bits per heavy atom. The van der Waals surface area contributed by atoms with Gasteiger partial charge in [-0.2, -0.15) is 0 Å². The lowest BCUT2D eigenvalue weighted by molar-refractivity contribution is -0.00148. The summed E-state index contributed by atoms with van der Waals surface area (Å²) < 4.78 is 5.60. The maximum atomic E-state index is 5.60. The molecule has 0 radical (unpaired) electrons. The number of hydrogen-bond donors (Lipinski definition) is 0. The smallest absolute Gasteiger partial charge is 0.0575 e. The Bertz CT molecular complexity index is 75.2. The lowest BCUT2D eigenvalue weighted by Gasteiger charge is -2.23. The molecule has 3 aliphatic rings. The van der Waals surface area contributed by atoms with Crippen LogP contribution in [0.4, 0.5) is 0 Å². The van der Waals surface area contributed by atoms with Gasteiger partial charge in [-0.25, -0.2) is 0 Å². The summed E-state index contributed by atoms with van der Waals surface area (Å²) in [6, 6.07) is 0. The monoisotopic (exact) mass is 126 g/mol. The van der Waals surface area contributed by atoms with E-state index in [0.29, 0.717) is 6.10 Å². The molecule has 2 aliphatic heterocycles. The average Bonchev–Trinajstić information content (AvgIpc) is 2.21. The number of rotatable bonds is 0. The molecule has 9 heavy (non-hydrogen) atoms. The highest BCUT2D eigenvalue weighted by atomic mass is 16.5. The van der Waals surface area contributed by atoms with Crippen LogP contribution in [0.2, 0.25) is 0 Å². The zero-order valence-electron chi connectivity index (χ0n) is 5.81. The Balaban J connectivity index is 2.03. The van der Waals surface area contributed by atoms with Crippen molar-refractivity contribution >= 4 is 0 Å². The molecule has 2 saturated heterocycles. The van der Waals surface area contributed by atoms with E-state index in [1.165, 1.54) is 32.1 Å². The van der Waals surface area contributed by atoms with Gasteiger partial charge in [0.05, 0.1) is 6.10 Å². The Labute approximate surface area is 56.4 Å². The first-order chi connectivity index (χ1) is 4.45. The van der Waals surface area contributed by atoms with Crippen LogP contribution in [-0.2, 0) is 4.74 Å². The molecule has 0 aromatic heterocycles. The van der Waals surface area contributed by atoms with Gasteiger partial charge in [0, 0.05) is 6.61 Å². The van der Waals surface area contributed by atoms with Crippen LogP contribution in [0.1, 0.15) is 32.1 Å². The number of hydrogen-bond acceptors (Lipinski definition) is 1. The molecule has 0 amide bonds. The van der Waals surface area contributed by atoms with E-state index in [4.69, 9.17) is 4.74 Å². The van der Waals surface area contributed by atoms with E-state index < -0.39 is 0 Å². The Morgan fingerprint density at radius 2 is 2.00 bits per heavy atom. The van der Waals surface area contributed by atoms with E-state index in [1.807, 2.05) is 0 Å². The zero-order chi connectivity index (χ0) is 6.10. The Hall–Kier alpha value is -0.0400. The highest BCUT2D eigenvalue weighted by molar-refractivity contribution is 4.75. The molecule has 2 atom stereocenters. The predicted octanol–water partition coefficient (Wildman–Crippen LogP) is 1.97. The van der Waals surface area contributed by atoms with Crippen molar-refractivity contribution in [3.63, 3.8) is 0 Å². The fourth-order valence-electron chi connectivity index (χ4n) is 1.95. The molecular formula is C8H14O. The quantitative estimate of drug-likeness (QED) is 0.482. The molecule has 2 bridgehead atoms. The van der Waals surface area contributed by atoms with Gasteiger partial charge >= 0.3 is 0 Å². The van der Waals surface area contributed by atoms with E-state index in [2.05, 4.69) is 0 Å². The average molecular weight is 126 g/mol. The molecule has 2 heterocycles. The zero-order valence-corrected chi connectivity index (χ0v) is 5.81. The number of ether oxygens (including phenoxy) is 1. The molecule has 0 aromatic carbocycles. The topological polar surface area (TPSA) is 9.23 Å². The normalized spacial score (nSPS) is 42.7. The minimum absolute atomic E-state index is 0.642. The van der Waals surface area contributed by atoms with Gasteiger partial charge in [-0.3, -0.25) is 0 Å². The van der Waals surface area contributed by atoms with Gasteiger partial charge in [0.25, 0.3) is 0 Å². The summed E-state index contributed by atoms with van der Waals surface area (Å²) in [7, 11) is 0. The van der Waals surface area contributed by atoms with Crippen molar-refractivity contribution in [1.82, 2.24) is 0 Å². The van der Waals surface area contributed by atoms with E-state index in [-0.39, 0.29) is 0 Å². The van der Waals surface area contributed by atoms with E-state index in [0.717, 1.165) is 12.5 Å². The van der Waals surface area contributed by atoms with Gasteiger partial charge in [0.2, 0.25) is 0 Å². The van der Waals surface area contributed by atoms with Crippen LogP contribution >= 0.6 is 0 Å². The van der Waals surface area contributed by atoms with E-state index in [9.17, 15) is 0 Å². The molecule has 1 heteroatoms. The van der Waals surface area contributed by atoms with Crippen molar-refractivity contribution in [3.05, 3.63) is 0 Å². The van der Waals surface area contributed by atoms with Gasteiger partial charge in [-0.05, 0) is 31.6 Å². The second-order valence-corrected chi connectivity index (χ2v) is 3.33. The van der Waals surface area contributed by atoms with E-state index >= 15 is 0 Å². The molecule has 1 saturated carbocycles. The first-order valence-electron chi connectivity index (χ1n) is 4.07. The van der Waals surface area contributed by atoms with Gasteiger partial charge in [0.15, 0.2) is 0 Å². The van der Waals surface area contributed by atoms with Crippen molar-refractivity contribution in [2.75, 3.05) is 6.61 Å². The summed E-state index contributed by atoms with van der Waals surface area (Å²) in [5.74, 6) is 0.920. The van der Waals surface area contributed by atoms with Gasteiger partial charge < -0.3 is 4.74 Å². The Morgan fingerprint density at radius 3 is 2.78 bits per heavy atom. The third-order valence-corrected chi connectivity index (χ3v) is 2.60. The fraction of sp³-hybridized carbons (Fsp3) is 1.00. The van der Waals surface area contributed by atoms with Gasteiger partial charge in [-0.15, -0.1) is 0 Å². The second-order valence-electron chi connectivity index (χ2n) is 3.33. The molecule has 3 rings (SSSR count). The van der Waals surface area contributed by atoms with Crippen LogP contribution in [0.25, 0.3) is 0 Å². The predicted molar refractivity (Wildman–Crippen MR) is 36.3 cm³/mol. The van der Waals surface area contributed by atoms with Crippen LogP contribution in [-0.4, -0.2) is 12.7 Å². The largest absolute Gasteiger partial charge is 0.378 e. The molecule has 0 N–H and O–H groups in total. The van der Waals surface area contributed by atoms with Crippen molar-refractivity contribution in [1.29, 1.82) is 0 Å². The van der Waals surface area contributed by atoms with Gasteiger partial charge in [-0.1, -0.05) is 6.42 Å². The van der Waals surface area contributed by atoms with Crippen molar-refractivity contribution < 1.29 is 4.74 Å². The van der Waals surface area contributed by atoms with Crippen molar-refractivity contribution in [2.45, 2.75) is 38.2 Å². The molecule has 1 aliphatic carbocycles. The lowest BCUT2D eigenvalue weighted by atomic mass is 10.00. The lowest BCUT2D eigenvalue weighted by Crippen LogP contribution is -2.21. The SMILES string of the molecule is C1CC2CC[C@@H](C1)CO2.